The molecule has 2 rings (SSSR count). The lowest BCUT2D eigenvalue weighted by Gasteiger charge is -2.47. The van der Waals surface area contributed by atoms with E-state index >= 15 is 0 Å². The summed E-state index contributed by atoms with van der Waals surface area (Å²) in [6.45, 7) is 6.95. The van der Waals surface area contributed by atoms with Crippen molar-refractivity contribution in [2.75, 3.05) is 0 Å². The van der Waals surface area contributed by atoms with Crippen molar-refractivity contribution < 1.29 is 1.37 Å². The van der Waals surface area contributed by atoms with Gasteiger partial charge in [0, 0.05) is 1.37 Å². The first-order valence-corrected chi connectivity index (χ1v) is 6.33. The average molecular weight is 195 g/mol. The summed E-state index contributed by atoms with van der Waals surface area (Å²) >= 11 is 0. The molecule has 2 fully saturated rings. The molecular weight excluding hydrogens is 168 g/mol. The van der Waals surface area contributed by atoms with Gasteiger partial charge in [0.1, 0.15) is 0 Å². The zero-order valence-electron chi connectivity index (χ0n) is 11.2. The van der Waals surface area contributed by atoms with Crippen LogP contribution in [0.25, 0.3) is 0 Å². The highest BCUT2D eigenvalue weighted by Gasteiger charge is 2.39. The number of hydrogen-bond acceptors (Lipinski definition) is 0. The van der Waals surface area contributed by atoms with Crippen LogP contribution in [0.4, 0.5) is 0 Å². The fourth-order valence-corrected chi connectivity index (χ4v) is 3.16. The molecule has 0 saturated heterocycles. The lowest BCUT2D eigenvalue weighted by Crippen LogP contribution is -2.34. The molecule has 0 heterocycles. The molecule has 0 nitrogen and oxygen atoms in total. The summed E-state index contributed by atoms with van der Waals surface area (Å²) in [5.41, 5.74) is 1.24. The molecule has 0 amide bonds. The van der Waals surface area contributed by atoms with Crippen LogP contribution in [0.15, 0.2) is 0 Å². The summed E-state index contributed by atoms with van der Waals surface area (Å²) in [4.78, 5) is 0. The van der Waals surface area contributed by atoms with E-state index in [0.29, 0.717) is 10.8 Å². The molecule has 2 aliphatic rings. The molecule has 0 bridgehead atoms. The van der Waals surface area contributed by atoms with Crippen LogP contribution in [0.1, 0.15) is 73.5 Å². The molecule has 2 aliphatic carbocycles. The van der Waals surface area contributed by atoms with E-state index < -0.39 is 0 Å². The van der Waals surface area contributed by atoms with Crippen molar-refractivity contribution in [3.05, 3.63) is 0 Å². The van der Waals surface area contributed by atoms with E-state index in [1.54, 1.807) is 0 Å². The van der Waals surface area contributed by atoms with Crippen LogP contribution in [0.5, 0.6) is 0 Å². The summed E-state index contributed by atoms with van der Waals surface area (Å²) in [6.07, 6.45) is 10.6. The maximum Gasteiger partial charge on any atom is 0.0300 e. The largest absolute Gasteiger partial charge is 0.0625 e. The van der Waals surface area contributed by atoms with E-state index in [4.69, 9.17) is 1.37 Å². The Hall–Kier alpha value is 0. The summed E-state index contributed by atoms with van der Waals surface area (Å²) in [5, 5.41) is 0. The molecule has 2 saturated carbocycles. The average Bonchev–Trinajstić information content (AvgIpc) is 2.15. The van der Waals surface area contributed by atoms with Gasteiger partial charge < -0.3 is 0 Å². The third-order valence-corrected chi connectivity index (χ3v) is 4.83. The fraction of sp³-hybridized carbons (Fsp3) is 1.00. The van der Waals surface area contributed by atoms with Gasteiger partial charge in [-0.1, -0.05) is 33.6 Å². The van der Waals surface area contributed by atoms with Gasteiger partial charge in [0.05, 0.1) is 0 Å². The Morgan fingerprint density at radius 1 is 0.929 bits per heavy atom. The van der Waals surface area contributed by atoms with E-state index in [0.717, 1.165) is 12.8 Å². The molecule has 0 aromatic heterocycles. The molecule has 0 atom stereocenters. The van der Waals surface area contributed by atoms with Gasteiger partial charge in [-0.3, -0.25) is 0 Å². The van der Waals surface area contributed by atoms with Crippen LogP contribution < -0.4 is 0 Å². The van der Waals surface area contributed by atoms with Crippen LogP contribution >= 0.6 is 0 Å². The second-order valence-corrected chi connectivity index (χ2v) is 6.62. The Labute approximate surface area is 90.9 Å². The van der Waals surface area contributed by atoms with Crippen molar-refractivity contribution in [1.82, 2.24) is 0 Å². The number of hydrogen-bond donors (Lipinski definition) is 0. The Kier molecular flexibility index (Phi) is 2.34. The highest BCUT2D eigenvalue weighted by molar-refractivity contribution is 4.91. The lowest BCUT2D eigenvalue weighted by molar-refractivity contribution is 0.0511. The first kappa shape index (κ1) is 9.24. The smallest absolute Gasteiger partial charge is 0.0300 e. The lowest BCUT2D eigenvalue weighted by atomic mass is 9.59. The van der Waals surface area contributed by atoms with Gasteiger partial charge in [-0.25, -0.2) is 0 Å². The summed E-state index contributed by atoms with van der Waals surface area (Å²) in [7, 11) is 0. The van der Waals surface area contributed by atoms with Gasteiger partial charge in [0.15, 0.2) is 0 Å². The SMILES string of the molecule is [2H]C1(C)CCC2(CC1)CCC(C)(C)CC2. The van der Waals surface area contributed by atoms with Crippen LogP contribution in [0.2, 0.25) is 0 Å². The van der Waals surface area contributed by atoms with Crippen molar-refractivity contribution in [2.45, 2.75) is 72.1 Å². The minimum absolute atomic E-state index is 0.113. The molecule has 0 aromatic carbocycles. The molecular formula is C14H26. The van der Waals surface area contributed by atoms with Gasteiger partial charge in [0.2, 0.25) is 0 Å². The minimum atomic E-state index is -0.113. The van der Waals surface area contributed by atoms with Crippen molar-refractivity contribution >= 4 is 0 Å². The Morgan fingerprint density at radius 3 is 1.93 bits per heavy atom. The molecule has 0 unspecified atom stereocenters. The zero-order valence-corrected chi connectivity index (χ0v) is 10.2. The van der Waals surface area contributed by atoms with Gasteiger partial charge in [-0.15, -0.1) is 0 Å². The van der Waals surface area contributed by atoms with Gasteiger partial charge in [0.25, 0.3) is 0 Å². The highest BCUT2D eigenvalue weighted by Crippen LogP contribution is 2.52. The first-order valence-electron chi connectivity index (χ1n) is 6.83. The second-order valence-electron chi connectivity index (χ2n) is 6.62. The zero-order chi connectivity index (χ0) is 11.2. The molecule has 0 N–H and O–H groups in total. The summed E-state index contributed by atoms with van der Waals surface area (Å²) < 4.78 is 8.11. The quantitative estimate of drug-likeness (QED) is 0.521. The Balaban J connectivity index is 1.95. The van der Waals surface area contributed by atoms with Crippen LogP contribution in [0.3, 0.4) is 0 Å². The van der Waals surface area contributed by atoms with Crippen molar-refractivity contribution in [1.29, 1.82) is 0 Å². The highest BCUT2D eigenvalue weighted by atomic mass is 14.4. The van der Waals surface area contributed by atoms with Crippen molar-refractivity contribution in [3.8, 4) is 0 Å². The number of rotatable bonds is 0. The minimum Gasteiger partial charge on any atom is -0.0625 e. The standard InChI is InChI=1S/C14H26/c1-12-4-6-14(7-5-12)10-8-13(2,3)9-11-14/h12H,4-11H2,1-3H3/i12D. The van der Waals surface area contributed by atoms with Crippen molar-refractivity contribution in [2.24, 2.45) is 16.7 Å². The predicted molar refractivity (Wildman–Crippen MR) is 62.3 cm³/mol. The molecule has 82 valence electrons. The third kappa shape index (κ3) is 2.15. The third-order valence-electron chi connectivity index (χ3n) is 4.83. The van der Waals surface area contributed by atoms with Crippen LogP contribution in [-0.2, 0) is 0 Å². The summed E-state index contributed by atoms with van der Waals surface area (Å²) in [6, 6.07) is 0. The van der Waals surface area contributed by atoms with Crippen molar-refractivity contribution in [3.63, 3.8) is 0 Å². The maximum atomic E-state index is 8.11. The van der Waals surface area contributed by atoms with Gasteiger partial charge >= 0.3 is 0 Å². The maximum absolute atomic E-state index is 8.11. The molecule has 0 aliphatic heterocycles. The van der Waals surface area contributed by atoms with E-state index in [1.807, 2.05) is 0 Å². The molecule has 0 radical (unpaired) electrons. The van der Waals surface area contributed by atoms with E-state index in [-0.39, 0.29) is 5.89 Å². The van der Waals surface area contributed by atoms with Gasteiger partial charge in [-0.05, 0) is 55.2 Å². The Morgan fingerprint density at radius 2 is 1.43 bits per heavy atom. The first-order chi connectivity index (χ1) is 6.83. The van der Waals surface area contributed by atoms with E-state index in [9.17, 15) is 0 Å². The second kappa shape index (κ2) is 3.54. The van der Waals surface area contributed by atoms with Crippen LogP contribution in [-0.4, -0.2) is 0 Å². The Bertz CT molecular complexity index is 190. The fourth-order valence-electron chi connectivity index (χ4n) is 3.16. The topological polar surface area (TPSA) is 0 Å². The monoisotopic (exact) mass is 195 g/mol. The van der Waals surface area contributed by atoms with Gasteiger partial charge in [-0.2, -0.15) is 0 Å². The molecule has 0 aromatic rings. The summed E-state index contributed by atoms with van der Waals surface area (Å²) in [5.74, 6) is -0.113. The normalized spacial score (nSPS) is 35.2. The van der Waals surface area contributed by atoms with E-state index in [2.05, 4.69) is 20.8 Å². The van der Waals surface area contributed by atoms with Crippen LogP contribution in [0, 0.1) is 16.7 Å². The van der Waals surface area contributed by atoms with E-state index in [1.165, 1.54) is 38.5 Å². The molecule has 1 spiro atoms. The predicted octanol–water partition coefficient (Wildman–Crippen LogP) is 4.78. The molecule has 14 heavy (non-hydrogen) atoms. The molecule has 0 heteroatoms.